The van der Waals surface area contributed by atoms with Crippen LogP contribution in [0.25, 0.3) is 0 Å². The van der Waals surface area contributed by atoms with E-state index in [4.69, 9.17) is 4.74 Å². The van der Waals surface area contributed by atoms with Gasteiger partial charge in [-0.3, -0.25) is 4.90 Å². The Morgan fingerprint density at radius 1 is 1.17 bits per heavy atom. The second kappa shape index (κ2) is 4.83. The highest BCUT2D eigenvalue weighted by molar-refractivity contribution is 4.72. The Labute approximate surface area is 75.9 Å². The summed E-state index contributed by atoms with van der Waals surface area (Å²) >= 11 is 0. The quantitative estimate of drug-likeness (QED) is 0.603. The molecule has 0 bridgehead atoms. The summed E-state index contributed by atoms with van der Waals surface area (Å²) in [5.74, 6) is 0.763. The summed E-state index contributed by atoms with van der Waals surface area (Å²) in [6, 6.07) is 0. The van der Waals surface area contributed by atoms with Gasteiger partial charge in [-0.25, -0.2) is 0 Å². The summed E-state index contributed by atoms with van der Waals surface area (Å²) in [4.78, 5) is 2.19. The molecule has 12 heavy (non-hydrogen) atoms. The molecule has 0 aromatic carbocycles. The van der Waals surface area contributed by atoms with Crippen molar-refractivity contribution >= 4 is 0 Å². The van der Waals surface area contributed by atoms with Crippen LogP contribution in [-0.4, -0.2) is 32.3 Å². The van der Waals surface area contributed by atoms with Gasteiger partial charge in [-0.15, -0.1) is 0 Å². The van der Waals surface area contributed by atoms with Crippen molar-refractivity contribution in [1.29, 1.82) is 0 Å². The lowest BCUT2D eigenvalue weighted by Crippen LogP contribution is -2.37. The van der Waals surface area contributed by atoms with E-state index in [-0.39, 0.29) is 0 Å². The predicted octanol–water partition coefficient (Wildman–Crippen LogP) is 2.10. The molecule has 1 atom stereocenters. The van der Waals surface area contributed by atoms with E-state index in [1.54, 1.807) is 0 Å². The molecule has 0 saturated heterocycles. The van der Waals surface area contributed by atoms with Crippen molar-refractivity contribution in [3.8, 4) is 0 Å². The van der Waals surface area contributed by atoms with Gasteiger partial charge < -0.3 is 4.74 Å². The van der Waals surface area contributed by atoms with Crippen molar-refractivity contribution in [2.45, 2.75) is 38.3 Å². The molecule has 1 unspecified atom stereocenters. The maximum atomic E-state index is 5.48. The van der Waals surface area contributed by atoms with Crippen LogP contribution in [-0.2, 0) is 4.74 Å². The molecule has 2 nitrogen and oxygen atoms in total. The molecule has 72 valence electrons. The molecule has 0 aliphatic heterocycles. The molecule has 1 aliphatic rings. The van der Waals surface area contributed by atoms with E-state index in [0.717, 1.165) is 5.92 Å². The van der Waals surface area contributed by atoms with Crippen LogP contribution in [0.4, 0.5) is 0 Å². The largest absolute Gasteiger partial charge is 0.366 e. The van der Waals surface area contributed by atoms with Gasteiger partial charge in [-0.1, -0.05) is 19.3 Å². The van der Waals surface area contributed by atoms with Crippen molar-refractivity contribution in [2.24, 2.45) is 5.92 Å². The summed E-state index contributed by atoms with van der Waals surface area (Å²) in [7, 11) is 6.02. The number of methoxy groups -OCH3 is 1. The van der Waals surface area contributed by atoms with Crippen molar-refractivity contribution in [3.05, 3.63) is 0 Å². The van der Waals surface area contributed by atoms with Crippen LogP contribution in [0, 0.1) is 5.92 Å². The van der Waals surface area contributed by atoms with E-state index in [2.05, 4.69) is 19.0 Å². The minimum atomic E-state index is 0.338. The molecule has 1 fully saturated rings. The Bertz CT molecular complexity index is 119. The molecule has 0 N–H and O–H groups in total. The van der Waals surface area contributed by atoms with E-state index in [0.29, 0.717) is 6.23 Å². The number of hydrogen-bond acceptors (Lipinski definition) is 2. The van der Waals surface area contributed by atoms with Crippen molar-refractivity contribution in [3.63, 3.8) is 0 Å². The highest BCUT2D eigenvalue weighted by Gasteiger charge is 2.24. The Balaban J connectivity index is 2.40. The van der Waals surface area contributed by atoms with E-state index < -0.39 is 0 Å². The van der Waals surface area contributed by atoms with Gasteiger partial charge in [0.2, 0.25) is 0 Å². The summed E-state index contributed by atoms with van der Waals surface area (Å²) in [6.07, 6.45) is 7.22. The molecule has 0 aromatic rings. The first-order chi connectivity index (χ1) is 5.75. The standard InChI is InChI=1S/C10H21NO/c1-11(2)10(12-3)9-7-5-4-6-8-9/h9-10H,4-8H2,1-3H3. The zero-order chi connectivity index (χ0) is 8.97. The second-order valence-electron chi connectivity index (χ2n) is 3.99. The van der Waals surface area contributed by atoms with Gasteiger partial charge >= 0.3 is 0 Å². The lowest BCUT2D eigenvalue weighted by molar-refractivity contribution is -0.0560. The minimum absolute atomic E-state index is 0.338. The SMILES string of the molecule is COC(C1CCCCC1)N(C)C. The van der Waals surface area contributed by atoms with Crippen molar-refractivity contribution in [1.82, 2.24) is 4.90 Å². The molecule has 1 rings (SSSR count). The van der Waals surface area contributed by atoms with Crippen LogP contribution in [0.3, 0.4) is 0 Å². The van der Waals surface area contributed by atoms with Crippen molar-refractivity contribution in [2.75, 3.05) is 21.2 Å². The van der Waals surface area contributed by atoms with Crippen LogP contribution in [0.2, 0.25) is 0 Å². The first-order valence-electron chi connectivity index (χ1n) is 4.95. The molecule has 1 aliphatic carbocycles. The minimum Gasteiger partial charge on any atom is -0.366 e. The first-order valence-corrected chi connectivity index (χ1v) is 4.95. The summed E-state index contributed by atoms with van der Waals surface area (Å²) in [6.45, 7) is 0. The second-order valence-corrected chi connectivity index (χ2v) is 3.99. The molecule has 0 spiro atoms. The fourth-order valence-electron chi connectivity index (χ4n) is 2.24. The van der Waals surface area contributed by atoms with Gasteiger partial charge in [0.05, 0.1) is 0 Å². The Kier molecular flexibility index (Phi) is 4.02. The number of hydrogen-bond donors (Lipinski definition) is 0. The van der Waals surface area contributed by atoms with Gasteiger partial charge in [0.1, 0.15) is 6.23 Å². The molecule has 0 aromatic heterocycles. The summed E-state index contributed by atoms with van der Waals surface area (Å²) in [5, 5.41) is 0. The van der Waals surface area contributed by atoms with Crippen LogP contribution in [0.1, 0.15) is 32.1 Å². The van der Waals surface area contributed by atoms with Gasteiger partial charge in [-0.05, 0) is 32.9 Å². The molecule has 1 saturated carbocycles. The fourth-order valence-corrected chi connectivity index (χ4v) is 2.24. The van der Waals surface area contributed by atoms with Crippen molar-refractivity contribution < 1.29 is 4.74 Å². The van der Waals surface area contributed by atoms with Gasteiger partial charge in [0.15, 0.2) is 0 Å². The molecule has 2 heteroatoms. The summed E-state index contributed by atoms with van der Waals surface area (Å²) in [5.41, 5.74) is 0. The number of ether oxygens (including phenoxy) is 1. The van der Waals surface area contributed by atoms with Gasteiger partial charge in [0.25, 0.3) is 0 Å². The zero-order valence-electron chi connectivity index (χ0n) is 8.55. The van der Waals surface area contributed by atoms with E-state index in [1.807, 2.05) is 7.11 Å². The van der Waals surface area contributed by atoms with Crippen LogP contribution < -0.4 is 0 Å². The molecule has 0 heterocycles. The van der Waals surface area contributed by atoms with Gasteiger partial charge in [0, 0.05) is 7.11 Å². The lowest BCUT2D eigenvalue weighted by Gasteiger charge is -2.33. The first kappa shape index (κ1) is 10.0. The molecular formula is C10H21NO. The normalized spacial score (nSPS) is 23.0. The average Bonchev–Trinajstić information content (AvgIpc) is 2.07. The van der Waals surface area contributed by atoms with E-state index >= 15 is 0 Å². The molecule has 0 amide bonds. The Hall–Kier alpha value is -0.0800. The predicted molar refractivity (Wildman–Crippen MR) is 51.1 cm³/mol. The zero-order valence-corrected chi connectivity index (χ0v) is 8.55. The monoisotopic (exact) mass is 171 g/mol. The topological polar surface area (TPSA) is 12.5 Å². The number of nitrogens with zero attached hydrogens (tertiary/aromatic N) is 1. The van der Waals surface area contributed by atoms with Crippen LogP contribution in [0.5, 0.6) is 0 Å². The average molecular weight is 171 g/mol. The van der Waals surface area contributed by atoms with E-state index in [1.165, 1.54) is 32.1 Å². The number of rotatable bonds is 3. The van der Waals surface area contributed by atoms with Crippen LogP contribution in [0.15, 0.2) is 0 Å². The van der Waals surface area contributed by atoms with E-state index in [9.17, 15) is 0 Å². The Morgan fingerprint density at radius 2 is 1.75 bits per heavy atom. The summed E-state index contributed by atoms with van der Waals surface area (Å²) < 4.78 is 5.48. The Morgan fingerprint density at radius 3 is 2.17 bits per heavy atom. The highest BCUT2D eigenvalue weighted by atomic mass is 16.5. The molecule has 0 radical (unpaired) electrons. The maximum absolute atomic E-state index is 5.48. The third-order valence-electron chi connectivity index (χ3n) is 2.80. The van der Waals surface area contributed by atoms with Gasteiger partial charge in [-0.2, -0.15) is 0 Å². The molecular weight excluding hydrogens is 150 g/mol. The maximum Gasteiger partial charge on any atom is 0.112 e. The highest BCUT2D eigenvalue weighted by Crippen LogP contribution is 2.28. The smallest absolute Gasteiger partial charge is 0.112 e. The third kappa shape index (κ3) is 2.46. The fraction of sp³-hybridized carbons (Fsp3) is 1.00. The van der Waals surface area contributed by atoms with Crippen LogP contribution >= 0.6 is 0 Å². The third-order valence-corrected chi connectivity index (χ3v) is 2.80. The lowest BCUT2D eigenvalue weighted by atomic mass is 9.87.